The summed E-state index contributed by atoms with van der Waals surface area (Å²) >= 11 is 0. The Morgan fingerprint density at radius 3 is 2.20 bits per heavy atom. The van der Waals surface area contributed by atoms with Gasteiger partial charge in [-0.15, -0.1) is 0 Å². The molecule has 5 heteroatoms. The highest BCUT2D eigenvalue weighted by Crippen LogP contribution is 2.16. The van der Waals surface area contributed by atoms with E-state index in [9.17, 15) is 8.42 Å². The van der Waals surface area contributed by atoms with Crippen molar-refractivity contribution in [1.29, 1.82) is 0 Å². The molecule has 0 aliphatic heterocycles. The van der Waals surface area contributed by atoms with Crippen molar-refractivity contribution in [3.63, 3.8) is 0 Å². The monoisotopic (exact) mass is 228 g/mol. The SMILES string of the molecule is CS(=O)(=O)c1ccc([C@@H](N)CCN)cc1. The Morgan fingerprint density at radius 1 is 1.27 bits per heavy atom. The maximum Gasteiger partial charge on any atom is 0.175 e. The number of benzene rings is 1. The van der Waals surface area contributed by atoms with Crippen LogP contribution in [-0.2, 0) is 9.84 Å². The molecular formula is C10H16N2O2S. The van der Waals surface area contributed by atoms with E-state index < -0.39 is 9.84 Å². The van der Waals surface area contributed by atoms with Gasteiger partial charge in [-0.05, 0) is 30.7 Å². The number of sulfone groups is 1. The molecule has 0 bridgehead atoms. The Kier molecular flexibility index (Phi) is 3.84. The number of nitrogens with two attached hydrogens (primary N) is 2. The van der Waals surface area contributed by atoms with E-state index in [2.05, 4.69) is 0 Å². The summed E-state index contributed by atoms with van der Waals surface area (Å²) in [7, 11) is -3.12. The third-order valence-corrected chi connectivity index (χ3v) is 3.34. The van der Waals surface area contributed by atoms with Gasteiger partial charge in [-0.3, -0.25) is 0 Å². The molecule has 1 rings (SSSR count). The van der Waals surface area contributed by atoms with Gasteiger partial charge < -0.3 is 11.5 Å². The summed E-state index contributed by atoms with van der Waals surface area (Å²) < 4.78 is 22.4. The van der Waals surface area contributed by atoms with Crippen LogP contribution in [0.3, 0.4) is 0 Å². The van der Waals surface area contributed by atoms with E-state index in [0.717, 1.165) is 5.56 Å². The lowest BCUT2D eigenvalue weighted by molar-refractivity contribution is 0.601. The Hall–Kier alpha value is -0.910. The Labute approximate surface area is 90.2 Å². The number of rotatable bonds is 4. The lowest BCUT2D eigenvalue weighted by Crippen LogP contribution is -2.15. The van der Waals surface area contributed by atoms with Gasteiger partial charge in [-0.1, -0.05) is 12.1 Å². The van der Waals surface area contributed by atoms with Gasteiger partial charge in [0.1, 0.15) is 0 Å². The zero-order valence-electron chi connectivity index (χ0n) is 8.68. The fourth-order valence-electron chi connectivity index (χ4n) is 1.31. The van der Waals surface area contributed by atoms with Crippen LogP contribution in [0.15, 0.2) is 29.2 Å². The van der Waals surface area contributed by atoms with Gasteiger partial charge in [0.2, 0.25) is 0 Å². The van der Waals surface area contributed by atoms with Gasteiger partial charge in [0.05, 0.1) is 4.90 Å². The summed E-state index contributed by atoms with van der Waals surface area (Å²) in [5.74, 6) is 0. The predicted octanol–water partition coefficient (Wildman–Crippen LogP) is 0.439. The second-order valence-corrected chi connectivity index (χ2v) is 5.54. The summed E-state index contributed by atoms with van der Waals surface area (Å²) in [4.78, 5) is 0.311. The maximum atomic E-state index is 11.2. The third-order valence-electron chi connectivity index (χ3n) is 2.21. The van der Waals surface area contributed by atoms with E-state index in [1.807, 2.05) is 0 Å². The molecule has 0 amide bonds. The predicted molar refractivity (Wildman–Crippen MR) is 60.2 cm³/mol. The van der Waals surface area contributed by atoms with Crippen LogP contribution in [0.2, 0.25) is 0 Å². The van der Waals surface area contributed by atoms with E-state index in [4.69, 9.17) is 11.5 Å². The van der Waals surface area contributed by atoms with Crippen LogP contribution in [0, 0.1) is 0 Å². The minimum atomic E-state index is -3.12. The van der Waals surface area contributed by atoms with Crippen molar-refractivity contribution in [2.45, 2.75) is 17.4 Å². The van der Waals surface area contributed by atoms with Gasteiger partial charge in [-0.25, -0.2) is 8.42 Å². The molecule has 4 N–H and O–H groups in total. The molecule has 1 aromatic rings. The first-order chi connectivity index (χ1) is 6.95. The molecular weight excluding hydrogens is 212 g/mol. The first kappa shape index (κ1) is 12.2. The van der Waals surface area contributed by atoms with Crippen molar-refractivity contribution in [3.05, 3.63) is 29.8 Å². The molecule has 0 unspecified atom stereocenters. The van der Waals surface area contributed by atoms with Crippen LogP contribution < -0.4 is 11.5 Å². The maximum absolute atomic E-state index is 11.2. The first-order valence-electron chi connectivity index (χ1n) is 4.71. The average Bonchev–Trinajstić information content (AvgIpc) is 2.17. The summed E-state index contributed by atoms with van der Waals surface area (Å²) in [6.07, 6.45) is 1.88. The summed E-state index contributed by atoms with van der Waals surface area (Å²) in [5.41, 5.74) is 12.1. The highest BCUT2D eigenvalue weighted by atomic mass is 32.2. The fraction of sp³-hybridized carbons (Fsp3) is 0.400. The molecule has 0 aromatic heterocycles. The Balaban J connectivity index is 2.90. The molecule has 0 saturated carbocycles. The largest absolute Gasteiger partial charge is 0.330 e. The second-order valence-electron chi connectivity index (χ2n) is 3.53. The number of hydrogen-bond acceptors (Lipinski definition) is 4. The zero-order chi connectivity index (χ0) is 11.5. The highest BCUT2D eigenvalue weighted by Gasteiger charge is 2.08. The van der Waals surface area contributed by atoms with Gasteiger partial charge in [0.15, 0.2) is 9.84 Å². The van der Waals surface area contributed by atoms with E-state index in [0.29, 0.717) is 17.9 Å². The van der Waals surface area contributed by atoms with Gasteiger partial charge in [0, 0.05) is 12.3 Å². The molecule has 0 heterocycles. The lowest BCUT2D eigenvalue weighted by Gasteiger charge is -2.10. The minimum Gasteiger partial charge on any atom is -0.330 e. The molecule has 0 fully saturated rings. The second kappa shape index (κ2) is 4.74. The molecule has 84 valence electrons. The molecule has 0 spiro atoms. The van der Waals surface area contributed by atoms with Crippen molar-refractivity contribution >= 4 is 9.84 Å². The molecule has 0 saturated heterocycles. The Morgan fingerprint density at radius 2 is 1.80 bits per heavy atom. The van der Waals surface area contributed by atoms with Gasteiger partial charge in [0.25, 0.3) is 0 Å². The molecule has 1 aromatic carbocycles. The summed E-state index contributed by atoms with van der Waals surface area (Å²) in [6, 6.07) is 6.48. The molecule has 0 aliphatic carbocycles. The van der Waals surface area contributed by atoms with Crippen LogP contribution in [0.1, 0.15) is 18.0 Å². The molecule has 4 nitrogen and oxygen atoms in total. The number of hydrogen-bond donors (Lipinski definition) is 2. The van der Waals surface area contributed by atoms with Crippen LogP contribution in [-0.4, -0.2) is 21.2 Å². The van der Waals surface area contributed by atoms with Crippen LogP contribution in [0.5, 0.6) is 0 Å². The lowest BCUT2D eigenvalue weighted by atomic mass is 10.1. The van der Waals surface area contributed by atoms with Crippen molar-refractivity contribution in [3.8, 4) is 0 Å². The van der Waals surface area contributed by atoms with Gasteiger partial charge in [-0.2, -0.15) is 0 Å². The van der Waals surface area contributed by atoms with Crippen LogP contribution >= 0.6 is 0 Å². The van der Waals surface area contributed by atoms with E-state index in [1.54, 1.807) is 24.3 Å². The van der Waals surface area contributed by atoms with Crippen molar-refractivity contribution in [1.82, 2.24) is 0 Å². The fourth-order valence-corrected chi connectivity index (χ4v) is 1.94. The minimum absolute atomic E-state index is 0.122. The topological polar surface area (TPSA) is 86.2 Å². The highest BCUT2D eigenvalue weighted by molar-refractivity contribution is 7.90. The quantitative estimate of drug-likeness (QED) is 0.783. The van der Waals surface area contributed by atoms with Crippen molar-refractivity contribution in [2.75, 3.05) is 12.8 Å². The molecule has 0 aliphatic rings. The Bertz CT molecular complexity index is 412. The first-order valence-corrected chi connectivity index (χ1v) is 6.60. The van der Waals surface area contributed by atoms with E-state index >= 15 is 0 Å². The normalized spacial score (nSPS) is 13.8. The van der Waals surface area contributed by atoms with Crippen molar-refractivity contribution in [2.24, 2.45) is 11.5 Å². The smallest absolute Gasteiger partial charge is 0.175 e. The molecule has 0 radical (unpaired) electrons. The van der Waals surface area contributed by atoms with Crippen molar-refractivity contribution < 1.29 is 8.42 Å². The third kappa shape index (κ3) is 3.30. The summed E-state index contributed by atoms with van der Waals surface area (Å²) in [6.45, 7) is 0.523. The molecule has 1 atom stereocenters. The zero-order valence-corrected chi connectivity index (χ0v) is 9.50. The summed E-state index contributed by atoms with van der Waals surface area (Å²) in [5, 5.41) is 0. The van der Waals surface area contributed by atoms with Gasteiger partial charge >= 0.3 is 0 Å². The standard InChI is InChI=1S/C10H16N2O2S/c1-15(13,14)9-4-2-8(3-5-9)10(12)6-7-11/h2-5,10H,6-7,11-12H2,1H3/t10-/m0/s1. The van der Waals surface area contributed by atoms with E-state index in [1.165, 1.54) is 6.26 Å². The van der Waals surface area contributed by atoms with Crippen LogP contribution in [0.4, 0.5) is 0 Å². The average molecular weight is 228 g/mol. The van der Waals surface area contributed by atoms with Crippen LogP contribution in [0.25, 0.3) is 0 Å². The molecule has 15 heavy (non-hydrogen) atoms. The van der Waals surface area contributed by atoms with E-state index in [-0.39, 0.29) is 6.04 Å².